The monoisotopic (exact) mass is 467 g/mol. The summed E-state index contributed by atoms with van der Waals surface area (Å²) < 4.78 is 0. The average molecular weight is 468 g/mol. The van der Waals surface area contributed by atoms with Crippen molar-refractivity contribution in [2.45, 2.75) is 45.3 Å². The highest BCUT2D eigenvalue weighted by molar-refractivity contribution is 6.21. The highest BCUT2D eigenvalue weighted by atomic mass is 16.4. The summed E-state index contributed by atoms with van der Waals surface area (Å²) in [6, 6.07) is 11.4. The van der Waals surface area contributed by atoms with Gasteiger partial charge in [0, 0.05) is 13.1 Å². The number of hydrogen-bond donors (Lipinski definition) is 4. The molecular formula is C25H29N3O6. The van der Waals surface area contributed by atoms with Gasteiger partial charge in [-0.2, -0.15) is 0 Å². The standard InChI is InChI=1S/C25H29N3O6/c1-15(2)12-21(22(30)26-14-16-6-4-3-5-7-16)27-20(25(33)34)10-11-28-23(31)18-9-8-17(29)13-19(18)24(28)32/h3-9,13,15,20-21,27,29H,10-12,14H2,1-2H3,(H,26,30)(H,33,34)/t20-,21+/m1/s1. The van der Waals surface area contributed by atoms with Crippen molar-refractivity contribution in [3.8, 4) is 5.75 Å². The lowest BCUT2D eigenvalue weighted by molar-refractivity contribution is -0.140. The number of carbonyl (C=O) groups excluding carboxylic acids is 3. The summed E-state index contributed by atoms with van der Waals surface area (Å²) in [7, 11) is 0. The van der Waals surface area contributed by atoms with Gasteiger partial charge in [-0.3, -0.25) is 29.4 Å². The fourth-order valence-electron chi connectivity index (χ4n) is 3.89. The molecule has 0 spiro atoms. The predicted molar refractivity (Wildman–Crippen MR) is 124 cm³/mol. The number of phenolic OH excluding ortho intramolecular Hbond substituents is 1. The van der Waals surface area contributed by atoms with Crippen LogP contribution >= 0.6 is 0 Å². The van der Waals surface area contributed by atoms with E-state index in [2.05, 4.69) is 10.6 Å². The van der Waals surface area contributed by atoms with E-state index in [1.54, 1.807) is 0 Å². The Balaban J connectivity index is 1.65. The number of benzene rings is 2. The molecule has 0 radical (unpaired) electrons. The second kappa shape index (κ2) is 10.9. The zero-order chi connectivity index (χ0) is 24.8. The molecular weight excluding hydrogens is 438 g/mol. The van der Waals surface area contributed by atoms with E-state index < -0.39 is 29.9 Å². The third kappa shape index (κ3) is 5.99. The van der Waals surface area contributed by atoms with E-state index in [9.17, 15) is 29.4 Å². The molecule has 0 bridgehead atoms. The van der Waals surface area contributed by atoms with Crippen LogP contribution in [0.25, 0.3) is 0 Å². The number of amides is 3. The second-order valence-corrected chi connectivity index (χ2v) is 8.72. The van der Waals surface area contributed by atoms with Crippen LogP contribution in [-0.2, 0) is 16.1 Å². The fourth-order valence-corrected chi connectivity index (χ4v) is 3.89. The molecule has 2 aromatic rings. The molecule has 0 aromatic heterocycles. The van der Waals surface area contributed by atoms with Crippen LogP contribution in [0.15, 0.2) is 48.5 Å². The number of nitrogens with zero attached hydrogens (tertiary/aromatic N) is 1. The van der Waals surface area contributed by atoms with Gasteiger partial charge in [-0.25, -0.2) is 0 Å². The molecule has 9 heteroatoms. The zero-order valence-corrected chi connectivity index (χ0v) is 19.2. The predicted octanol–water partition coefficient (Wildman–Crippen LogP) is 2.15. The van der Waals surface area contributed by atoms with E-state index >= 15 is 0 Å². The Morgan fingerprint density at radius 1 is 0.971 bits per heavy atom. The summed E-state index contributed by atoms with van der Waals surface area (Å²) in [5.74, 6) is -2.63. The minimum absolute atomic E-state index is 0.0760. The molecule has 180 valence electrons. The Morgan fingerprint density at radius 2 is 1.65 bits per heavy atom. The molecule has 1 aliphatic rings. The summed E-state index contributed by atoms with van der Waals surface area (Å²) in [5, 5.41) is 25.1. The Morgan fingerprint density at radius 3 is 2.29 bits per heavy atom. The molecule has 2 aromatic carbocycles. The van der Waals surface area contributed by atoms with E-state index in [0.717, 1.165) is 10.5 Å². The van der Waals surface area contributed by atoms with E-state index in [-0.39, 0.29) is 41.7 Å². The van der Waals surface area contributed by atoms with E-state index in [1.165, 1.54) is 18.2 Å². The van der Waals surface area contributed by atoms with Gasteiger partial charge in [-0.15, -0.1) is 0 Å². The van der Waals surface area contributed by atoms with Crippen molar-refractivity contribution in [3.05, 3.63) is 65.2 Å². The van der Waals surface area contributed by atoms with E-state index in [4.69, 9.17) is 0 Å². The van der Waals surface area contributed by atoms with Crippen molar-refractivity contribution < 1.29 is 29.4 Å². The van der Waals surface area contributed by atoms with Gasteiger partial charge in [0.15, 0.2) is 0 Å². The third-order valence-corrected chi connectivity index (χ3v) is 5.63. The van der Waals surface area contributed by atoms with Crippen LogP contribution in [0.2, 0.25) is 0 Å². The summed E-state index contributed by atoms with van der Waals surface area (Å²) in [6.45, 7) is 4.04. The Kier molecular flexibility index (Phi) is 8.01. The molecule has 0 fully saturated rings. The van der Waals surface area contributed by atoms with Crippen LogP contribution in [0.1, 0.15) is 53.0 Å². The SMILES string of the molecule is CC(C)C[C@H](N[C@H](CCN1C(=O)c2ccc(O)cc2C1=O)C(=O)O)C(=O)NCc1ccccc1. The average Bonchev–Trinajstić information content (AvgIpc) is 3.03. The van der Waals surface area contributed by atoms with Gasteiger partial charge < -0.3 is 15.5 Å². The van der Waals surface area contributed by atoms with Crippen LogP contribution in [0.3, 0.4) is 0 Å². The molecule has 0 saturated heterocycles. The molecule has 3 rings (SSSR count). The third-order valence-electron chi connectivity index (χ3n) is 5.63. The molecule has 2 atom stereocenters. The first-order chi connectivity index (χ1) is 16.2. The molecule has 0 saturated carbocycles. The van der Waals surface area contributed by atoms with Crippen LogP contribution < -0.4 is 10.6 Å². The Labute approximate surface area is 197 Å². The van der Waals surface area contributed by atoms with Crippen LogP contribution in [0, 0.1) is 5.92 Å². The maximum atomic E-state index is 12.8. The number of imide groups is 1. The highest BCUT2D eigenvalue weighted by Gasteiger charge is 2.37. The second-order valence-electron chi connectivity index (χ2n) is 8.72. The summed E-state index contributed by atoms with van der Waals surface area (Å²) in [4.78, 5) is 50.9. The number of rotatable bonds is 11. The molecule has 1 aliphatic heterocycles. The first kappa shape index (κ1) is 24.9. The number of carboxylic acid groups (broad SMARTS) is 1. The molecule has 3 amide bonds. The van der Waals surface area contributed by atoms with Gasteiger partial charge in [0.2, 0.25) is 5.91 Å². The molecule has 0 unspecified atom stereocenters. The summed E-state index contributed by atoms with van der Waals surface area (Å²) in [6.07, 6.45) is 0.337. The lowest BCUT2D eigenvalue weighted by Gasteiger charge is -2.25. The molecule has 4 N–H and O–H groups in total. The van der Waals surface area contributed by atoms with Crippen LogP contribution in [0.4, 0.5) is 0 Å². The lowest BCUT2D eigenvalue weighted by Crippen LogP contribution is -2.52. The van der Waals surface area contributed by atoms with Crippen molar-refractivity contribution in [2.75, 3.05) is 6.54 Å². The largest absolute Gasteiger partial charge is 0.508 e. The van der Waals surface area contributed by atoms with Gasteiger partial charge in [-0.05, 0) is 42.5 Å². The normalized spacial score (nSPS) is 14.7. The number of carbonyl (C=O) groups is 4. The number of aliphatic carboxylic acids is 1. The van der Waals surface area contributed by atoms with E-state index in [1.807, 2.05) is 44.2 Å². The van der Waals surface area contributed by atoms with Crippen molar-refractivity contribution >= 4 is 23.7 Å². The number of carboxylic acids is 1. The fraction of sp³-hybridized carbons (Fsp3) is 0.360. The topological polar surface area (TPSA) is 136 Å². The summed E-state index contributed by atoms with van der Waals surface area (Å²) in [5.41, 5.74) is 1.18. The Bertz CT molecular complexity index is 1070. The maximum absolute atomic E-state index is 12.8. The minimum Gasteiger partial charge on any atom is -0.508 e. The van der Waals surface area contributed by atoms with E-state index in [0.29, 0.717) is 13.0 Å². The number of fused-ring (bicyclic) bond motifs is 1. The molecule has 1 heterocycles. The molecule has 9 nitrogen and oxygen atoms in total. The van der Waals surface area contributed by atoms with Gasteiger partial charge in [0.25, 0.3) is 11.8 Å². The first-order valence-corrected chi connectivity index (χ1v) is 11.2. The van der Waals surface area contributed by atoms with Crippen molar-refractivity contribution in [3.63, 3.8) is 0 Å². The van der Waals surface area contributed by atoms with Crippen LogP contribution in [0.5, 0.6) is 5.75 Å². The van der Waals surface area contributed by atoms with Crippen molar-refractivity contribution in [1.82, 2.24) is 15.5 Å². The van der Waals surface area contributed by atoms with Crippen molar-refractivity contribution in [2.24, 2.45) is 5.92 Å². The van der Waals surface area contributed by atoms with Crippen LogP contribution in [-0.4, -0.2) is 57.4 Å². The molecule has 34 heavy (non-hydrogen) atoms. The zero-order valence-electron chi connectivity index (χ0n) is 19.2. The van der Waals surface area contributed by atoms with Gasteiger partial charge in [-0.1, -0.05) is 44.2 Å². The highest BCUT2D eigenvalue weighted by Crippen LogP contribution is 2.26. The smallest absolute Gasteiger partial charge is 0.320 e. The number of nitrogens with one attached hydrogen (secondary N) is 2. The number of phenols is 1. The maximum Gasteiger partial charge on any atom is 0.320 e. The lowest BCUT2D eigenvalue weighted by atomic mass is 10.0. The van der Waals surface area contributed by atoms with Crippen molar-refractivity contribution in [1.29, 1.82) is 0 Å². The molecule has 0 aliphatic carbocycles. The Hall–Kier alpha value is -3.72. The number of hydrogen-bond acceptors (Lipinski definition) is 6. The number of aromatic hydroxyl groups is 1. The van der Waals surface area contributed by atoms with Gasteiger partial charge in [0.05, 0.1) is 17.2 Å². The summed E-state index contributed by atoms with van der Waals surface area (Å²) >= 11 is 0. The quantitative estimate of drug-likeness (QED) is 0.372. The minimum atomic E-state index is -1.18. The van der Waals surface area contributed by atoms with Gasteiger partial charge in [0.1, 0.15) is 11.8 Å². The van der Waals surface area contributed by atoms with Gasteiger partial charge >= 0.3 is 5.97 Å². The first-order valence-electron chi connectivity index (χ1n) is 11.2.